The van der Waals surface area contributed by atoms with Crippen LogP contribution in [0, 0.1) is 0 Å². The average Bonchev–Trinajstić information content (AvgIpc) is 2.77. The molecule has 1 unspecified atom stereocenters. The van der Waals surface area contributed by atoms with Gasteiger partial charge in [0.15, 0.2) is 0 Å². The largest absolute Gasteiger partial charge is 0.478 e. The van der Waals surface area contributed by atoms with Crippen LogP contribution >= 0.6 is 15.9 Å². The van der Waals surface area contributed by atoms with Gasteiger partial charge < -0.3 is 5.11 Å². The van der Waals surface area contributed by atoms with Gasteiger partial charge in [0.2, 0.25) is 0 Å². The van der Waals surface area contributed by atoms with Gasteiger partial charge in [0.1, 0.15) is 0 Å². The Balaban J connectivity index is 2.38. The number of carbonyl (C=O) groups is 1. The highest BCUT2D eigenvalue weighted by Gasteiger charge is 2.29. The topological polar surface area (TPSA) is 50.2 Å². The number of nitrogens with zero attached hydrogens (tertiary/aromatic N) is 1. The molecule has 1 aromatic carbocycles. The first kappa shape index (κ1) is 12.6. The molecule has 0 amide bonds. The molecule has 1 heterocycles. The van der Waals surface area contributed by atoms with Crippen molar-refractivity contribution in [3.63, 3.8) is 0 Å². The van der Waals surface area contributed by atoms with E-state index in [1.807, 2.05) is 18.2 Å². The van der Waals surface area contributed by atoms with E-state index in [9.17, 15) is 9.90 Å². The lowest BCUT2D eigenvalue weighted by Crippen LogP contribution is -2.06. The summed E-state index contributed by atoms with van der Waals surface area (Å²) in [4.78, 5) is 16.3. The molecule has 1 N–H and O–H groups in total. The monoisotopic (exact) mass is 319 g/mol. The highest BCUT2D eigenvalue weighted by atomic mass is 79.9. The third kappa shape index (κ3) is 1.94. The third-order valence-corrected chi connectivity index (χ3v) is 4.41. The standard InChI is InChI=1S/C15H14BrNO2/c1-2-8-3-5-11-13(15(18)19)10-6-4-9(16)7-12(10)17-14(8)11/h4,6-8H,2-3,5H2,1H3,(H,18,19). The highest BCUT2D eigenvalue weighted by Crippen LogP contribution is 2.38. The molecule has 0 saturated carbocycles. The number of aromatic nitrogens is 1. The molecule has 98 valence electrons. The second-order valence-corrected chi connectivity index (χ2v) is 5.88. The van der Waals surface area contributed by atoms with Crippen LogP contribution in [0.2, 0.25) is 0 Å². The van der Waals surface area contributed by atoms with Gasteiger partial charge in [0.05, 0.1) is 11.1 Å². The van der Waals surface area contributed by atoms with Crippen LogP contribution in [0.25, 0.3) is 10.9 Å². The molecule has 0 bridgehead atoms. The summed E-state index contributed by atoms with van der Waals surface area (Å²) in [6.07, 6.45) is 2.85. The summed E-state index contributed by atoms with van der Waals surface area (Å²) in [6, 6.07) is 5.61. The predicted molar refractivity (Wildman–Crippen MR) is 77.8 cm³/mol. The van der Waals surface area contributed by atoms with E-state index >= 15 is 0 Å². The van der Waals surface area contributed by atoms with E-state index in [4.69, 9.17) is 4.98 Å². The van der Waals surface area contributed by atoms with Gasteiger partial charge in [0, 0.05) is 21.5 Å². The van der Waals surface area contributed by atoms with Crippen LogP contribution in [-0.4, -0.2) is 16.1 Å². The second-order valence-electron chi connectivity index (χ2n) is 4.96. The van der Waals surface area contributed by atoms with Crippen molar-refractivity contribution in [1.29, 1.82) is 0 Å². The van der Waals surface area contributed by atoms with Crippen LogP contribution in [0.15, 0.2) is 22.7 Å². The molecule has 0 spiro atoms. The Labute approximate surface area is 119 Å². The van der Waals surface area contributed by atoms with Crippen molar-refractivity contribution in [2.45, 2.75) is 32.1 Å². The van der Waals surface area contributed by atoms with Gasteiger partial charge in [0.25, 0.3) is 0 Å². The van der Waals surface area contributed by atoms with Gasteiger partial charge in [-0.3, -0.25) is 4.98 Å². The highest BCUT2D eigenvalue weighted by molar-refractivity contribution is 9.10. The number of halogens is 1. The number of hydrogen-bond donors (Lipinski definition) is 1. The molecule has 0 aliphatic heterocycles. The van der Waals surface area contributed by atoms with E-state index in [-0.39, 0.29) is 0 Å². The Kier molecular flexibility index (Phi) is 3.05. The van der Waals surface area contributed by atoms with E-state index in [0.29, 0.717) is 11.5 Å². The van der Waals surface area contributed by atoms with Gasteiger partial charge in [-0.15, -0.1) is 0 Å². The average molecular weight is 320 g/mol. The summed E-state index contributed by atoms with van der Waals surface area (Å²) < 4.78 is 0.926. The van der Waals surface area contributed by atoms with Crippen molar-refractivity contribution in [1.82, 2.24) is 4.98 Å². The molecule has 1 aliphatic carbocycles. The SMILES string of the molecule is CCC1CCc2c1nc1cc(Br)ccc1c2C(=O)O. The van der Waals surface area contributed by atoms with Crippen LogP contribution in [0.5, 0.6) is 0 Å². The number of aromatic carboxylic acids is 1. The number of carboxylic acid groups (broad SMARTS) is 1. The first-order chi connectivity index (χ1) is 9.11. The maximum Gasteiger partial charge on any atom is 0.336 e. The van der Waals surface area contributed by atoms with E-state index in [1.165, 1.54) is 0 Å². The zero-order valence-electron chi connectivity index (χ0n) is 10.6. The fourth-order valence-electron chi connectivity index (χ4n) is 2.98. The number of benzene rings is 1. The van der Waals surface area contributed by atoms with Crippen molar-refractivity contribution in [2.75, 3.05) is 0 Å². The number of carboxylic acids is 1. The zero-order valence-corrected chi connectivity index (χ0v) is 12.2. The number of rotatable bonds is 2. The summed E-state index contributed by atoms with van der Waals surface area (Å²) >= 11 is 3.42. The molecule has 1 aliphatic rings. The lowest BCUT2D eigenvalue weighted by Gasteiger charge is -2.12. The summed E-state index contributed by atoms with van der Waals surface area (Å²) in [6.45, 7) is 2.13. The van der Waals surface area contributed by atoms with E-state index < -0.39 is 5.97 Å². The zero-order chi connectivity index (χ0) is 13.6. The Morgan fingerprint density at radius 3 is 3.00 bits per heavy atom. The fourth-order valence-corrected chi connectivity index (χ4v) is 3.33. The van der Waals surface area contributed by atoms with Crippen molar-refractivity contribution >= 4 is 32.8 Å². The molecule has 0 saturated heterocycles. The Bertz CT molecular complexity index is 681. The predicted octanol–water partition coefficient (Wildman–Crippen LogP) is 4.14. The minimum atomic E-state index is -0.845. The summed E-state index contributed by atoms with van der Waals surface area (Å²) in [5.41, 5.74) is 3.15. The summed E-state index contributed by atoms with van der Waals surface area (Å²) in [5.74, 6) is -0.445. The lowest BCUT2D eigenvalue weighted by atomic mass is 9.99. The molecule has 0 radical (unpaired) electrons. The van der Waals surface area contributed by atoms with E-state index in [2.05, 4.69) is 22.9 Å². The maximum absolute atomic E-state index is 11.6. The van der Waals surface area contributed by atoms with Crippen LogP contribution in [0.3, 0.4) is 0 Å². The fraction of sp³-hybridized carbons (Fsp3) is 0.333. The summed E-state index contributed by atoms with van der Waals surface area (Å²) in [5, 5.41) is 10.3. The van der Waals surface area contributed by atoms with Crippen LogP contribution in [-0.2, 0) is 6.42 Å². The maximum atomic E-state index is 11.6. The normalized spacial score (nSPS) is 17.7. The van der Waals surface area contributed by atoms with Crippen molar-refractivity contribution in [3.8, 4) is 0 Å². The number of pyridine rings is 1. The van der Waals surface area contributed by atoms with Crippen LogP contribution in [0.1, 0.15) is 47.3 Å². The van der Waals surface area contributed by atoms with Crippen LogP contribution < -0.4 is 0 Å². The van der Waals surface area contributed by atoms with Gasteiger partial charge in [-0.1, -0.05) is 28.9 Å². The van der Waals surface area contributed by atoms with Gasteiger partial charge in [-0.05, 0) is 37.0 Å². The van der Waals surface area contributed by atoms with Crippen molar-refractivity contribution < 1.29 is 9.90 Å². The quantitative estimate of drug-likeness (QED) is 0.905. The van der Waals surface area contributed by atoms with Crippen molar-refractivity contribution in [2.24, 2.45) is 0 Å². The summed E-state index contributed by atoms with van der Waals surface area (Å²) in [7, 11) is 0. The minimum absolute atomic E-state index is 0.400. The van der Waals surface area contributed by atoms with Gasteiger partial charge in [-0.2, -0.15) is 0 Å². The Hall–Kier alpha value is -1.42. The molecule has 2 aromatic rings. The van der Waals surface area contributed by atoms with E-state index in [0.717, 1.165) is 45.9 Å². The molecule has 3 nitrogen and oxygen atoms in total. The smallest absolute Gasteiger partial charge is 0.336 e. The molecule has 3 rings (SSSR count). The second kappa shape index (κ2) is 4.60. The minimum Gasteiger partial charge on any atom is -0.478 e. The third-order valence-electron chi connectivity index (χ3n) is 3.92. The molecule has 1 aromatic heterocycles. The van der Waals surface area contributed by atoms with E-state index in [1.54, 1.807) is 0 Å². The van der Waals surface area contributed by atoms with Gasteiger partial charge >= 0.3 is 5.97 Å². The molecule has 1 atom stereocenters. The molecular formula is C15H14BrNO2. The number of hydrogen-bond acceptors (Lipinski definition) is 2. The molecule has 0 fully saturated rings. The lowest BCUT2D eigenvalue weighted by molar-refractivity contribution is 0.0698. The van der Waals surface area contributed by atoms with Crippen LogP contribution in [0.4, 0.5) is 0 Å². The number of fused-ring (bicyclic) bond motifs is 2. The Morgan fingerprint density at radius 2 is 2.32 bits per heavy atom. The van der Waals surface area contributed by atoms with Gasteiger partial charge in [-0.25, -0.2) is 4.79 Å². The Morgan fingerprint density at radius 1 is 1.53 bits per heavy atom. The first-order valence-electron chi connectivity index (χ1n) is 6.47. The molecular weight excluding hydrogens is 306 g/mol. The van der Waals surface area contributed by atoms with Crippen molar-refractivity contribution in [3.05, 3.63) is 39.5 Å². The first-order valence-corrected chi connectivity index (χ1v) is 7.26. The molecule has 19 heavy (non-hydrogen) atoms. The molecule has 4 heteroatoms.